The molecule has 0 aliphatic heterocycles. The predicted molar refractivity (Wildman–Crippen MR) is 288 cm³/mol. The summed E-state index contributed by atoms with van der Waals surface area (Å²) >= 11 is 0. The van der Waals surface area contributed by atoms with E-state index in [0.717, 1.165) is 10.3 Å². The summed E-state index contributed by atoms with van der Waals surface area (Å²) in [5, 5.41) is 9.67. The number of hydrogen-bond acceptors (Lipinski definition) is 0. The van der Waals surface area contributed by atoms with Crippen LogP contribution in [-0.2, 0) is 6.66 Å². The maximum Gasteiger partial charge on any atom is 0.0493 e. The first-order valence-corrected chi connectivity index (χ1v) is 52.4. The van der Waals surface area contributed by atoms with E-state index in [4.69, 9.17) is 0 Å². The van der Waals surface area contributed by atoms with E-state index in [1.807, 2.05) is 0 Å². The molecule has 0 amide bonds. The highest BCUT2D eigenvalue weighted by Crippen LogP contribution is 2.58. The van der Waals surface area contributed by atoms with Gasteiger partial charge in [0, 0.05) is 74.8 Å². The third kappa shape index (κ3) is 9.74. The molecule has 0 aliphatic rings. The lowest BCUT2D eigenvalue weighted by atomic mass is 9.95. The van der Waals surface area contributed by atoms with Gasteiger partial charge in [0.15, 0.2) is 0 Å². The fourth-order valence-corrected chi connectivity index (χ4v) is 67.1. The fourth-order valence-electron chi connectivity index (χ4n) is 13.4. The molecule has 1 aromatic heterocycles. The minimum Gasteiger partial charge on any atom is -0.111 e. The summed E-state index contributed by atoms with van der Waals surface area (Å²) in [6.07, 6.45) is 0. The Kier molecular flexibility index (Phi) is 13.4. The van der Waals surface area contributed by atoms with E-state index in [-0.39, 0.29) is 0 Å². The van der Waals surface area contributed by atoms with Crippen LogP contribution in [0, 0.1) is 0 Å². The van der Waals surface area contributed by atoms with Gasteiger partial charge in [0.05, 0.1) is 0 Å². The van der Waals surface area contributed by atoms with Crippen molar-refractivity contribution >= 4 is 93.1 Å². The summed E-state index contributed by atoms with van der Waals surface area (Å²) in [6.45, 7) is 66.6. The Balaban J connectivity index is 2.39. The molecular formula is C47H87PSi8. The standard InChI is InChI=1S/C47H87PSi8/c1-48-42-35(40-33-34(44(49(2,3)4)50(5,6)7)29-30-36(40)45(51(8,9)10)52(11,12)13)27-26-28-37(42)41-38(46(53(14,15)16)54(17,18)19)31-32-39(43(41)48)47(55(20,21)22)56(23,24)25/h26-33,44-47H,1-25H3. The largest absolute Gasteiger partial charge is 0.111 e. The molecule has 4 rings (SSSR count). The molecule has 9 heteroatoms. The minimum atomic E-state index is -1.58. The van der Waals surface area contributed by atoms with Crippen molar-refractivity contribution in [3.05, 3.63) is 70.8 Å². The van der Waals surface area contributed by atoms with Crippen LogP contribution in [0.15, 0.2) is 48.5 Å². The fraction of sp³-hybridized carbons (Fsp3) is 0.617. The zero-order chi connectivity index (χ0) is 43.3. The summed E-state index contributed by atoms with van der Waals surface area (Å²) in [6, 6.07) is 21.3. The molecule has 0 bridgehead atoms. The second-order valence-electron chi connectivity index (χ2n) is 26.7. The molecule has 0 aliphatic carbocycles. The van der Waals surface area contributed by atoms with Crippen LogP contribution >= 0.6 is 7.53 Å². The minimum absolute atomic E-state index is 0.544. The Morgan fingerprint density at radius 2 is 0.714 bits per heavy atom. The highest BCUT2D eigenvalue weighted by molar-refractivity contribution is 7.60. The Labute approximate surface area is 357 Å². The van der Waals surface area contributed by atoms with Gasteiger partial charge in [-0.05, 0) is 71.5 Å². The van der Waals surface area contributed by atoms with Crippen molar-refractivity contribution in [3.63, 3.8) is 0 Å². The molecule has 0 nitrogen and oxygen atoms in total. The Morgan fingerprint density at radius 3 is 1.12 bits per heavy atom. The van der Waals surface area contributed by atoms with Gasteiger partial charge in [-0.3, -0.25) is 0 Å². The van der Waals surface area contributed by atoms with Crippen molar-refractivity contribution in [2.24, 2.45) is 6.66 Å². The lowest BCUT2D eigenvalue weighted by Crippen LogP contribution is -2.47. The van der Waals surface area contributed by atoms with E-state index in [1.165, 1.54) is 0 Å². The van der Waals surface area contributed by atoms with E-state index in [2.05, 4.69) is 212 Å². The zero-order valence-corrected chi connectivity index (χ0v) is 50.3. The molecule has 1 heterocycles. The number of hydrogen-bond donors (Lipinski definition) is 0. The van der Waals surface area contributed by atoms with Gasteiger partial charge >= 0.3 is 0 Å². The lowest BCUT2D eigenvalue weighted by Gasteiger charge is -2.42. The van der Waals surface area contributed by atoms with Crippen molar-refractivity contribution < 1.29 is 0 Å². The quantitative estimate of drug-likeness (QED) is 0.117. The van der Waals surface area contributed by atoms with Crippen LogP contribution in [0.25, 0.3) is 32.1 Å². The van der Waals surface area contributed by atoms with E-state index in [0.29, 0.717) is 10.3 Å². The zero-order valence-electron chi connectivity index (χ0n) is 41.4. The molecule has 1 atom stereocenters. The average molecular weight is 908 g/mol. The predicted octanol–water partition coefficient (Wildman–Crippen LogP) is 17.5. The van der Waals surface area contributed by atoms with Crippen LogP contribution in [0.3, 0.4) is 0 Å². The van der Waals surface area contributed by atoms with Crippen molar-refractivity contribution in [3.8, 4) is 11.1 Å². The molecule has 0 saturated heterocycles. The molecule has 1 unspecified atom stereocenters. The maximum atomic E-state index is 2.81. The molecule has 0 radical (unpaired) electrons. The third-order valence-electron chi connectivity index (χ3n) is 12.8. The van der Waals surface area contributed by atoms with Crippen LogP contribution in [0.5, 0.6) is 0 Å². The first-order chi connectivity index (χ1) is 24.8. The number of rotatable bonds is 13. The Hall–Kier alpha value is -0.305. The first-order valence-electron chi connectivity index (χ1n) is 22.0. The number of aryl methyl sites for hydroxylation is 1. The SMILES string of the molecule is Cp1c2c(-c3cc(C([Si](C)(C)C)[Si](C)(C)C)ccc3C([Si](C)(C)C)[Si](C)(C)C)cccc2c2c(C([Si](C)(C)C)[Si](C)(C)C)ccc(C([Si](C)(C)C)[Si](C)(C)C)c21. The summed E-state index contributed by atoms with van der Waals surface area (Å²) in [5.41, 5.74) is 10.0. The van der Waals surface area contributed by atoms with Crippen molar-refractivity contribution in [2.45, 2.75) is 178 Å². The van der Waals surface area contributed by atoms with Crippen LogP contribution in [0.2, 0.25) is 157 Å². The van der Waals surface area contributed by atoms with Gasteiger partial charge in [-0.1, -0.05) is 206 Å². The molecular weight excluding hydrogens is 820 g/mol. The Morgan fingerprint density at radius 1 is 0.357 bits per heavy atom. The van der Waals surface area contributed by atoms with Crippen molar-refractivity contribution in [1.29, 1.82) is 0 Å². The van der Waals surface area contributed by atoms with E-state index in [9.17, 15) is 0 Å². The highest BCUT2D eigenvalue weighted by Gasteiger charge is 2.45. The second kappa shape index (κ2) is 15.6. The summed E-state index contributed by atoms with van der Waals surface area (Å²) in [4.78, 5) is 0. The van der Waals surface area contributed by atoms with Gasteiger partial charge in [0.2, 0.25) is 0 Å². The number of fused-ring (bicyclic) bond motifs is 3. The van der Waals surface area contributed by atoms with E-state index in [1.54, 1.807) is 54.4 Å². The van der Waals surface area contributed by atoms with Crippen LogP contribution in [-0.4, -0.2) is 64.6 Å². The van der Waals surface area contributed by atoms with Gasteiger partial charge in [-0.2, -0.15) is 0 Å². The molecule has 0 saturated carbocycles. The molecule has 0 N–H and O–H groups in total. The lowest BCUT2D eigenvalue weighted by molar-refractivity contribution is 1.14. The highest BCUT2D eigenvalue weighted by atomic mass is 31.1. The summed E-state index contributed by atoms with van der Waals surface area (Å²) in [5.74, 6) is 0. The van der Waals surface area contributed by atoms with Gasteiger partial charge in [0.25, 0.3) is 0 Å². The first kappa shape index (κ1) is 48.4. The number of benzene rings is 3. The third-order valence-corrected chi connectivity index (χ3v) is 52.3. The van der Waals surface area contributed by atoms with Gasteiger partial charge < -0.3 is 0 Å². The normalized spacial score (nSPS) is 15.1. The van der Waals surface area contributed by atoms with Gasteiger partial charge in [-0.15, -0.1) is 7.53 Å². The topological polar surface area (TPSA) is 0 Å². The molecule has 3 aromatic carbocycles. The van der Waals surface area contributed by atoms with Gasteiger partial charge in [0.1, 0.15) is 0 Å². The molecule has 0 fully saturated rings. The van der Waals surface area contributed by atoms with E-state index < -0.39 is 72.1 Å². The summed E-state index contributed by atoms with van der Waals surface area (Å²) < 4.78 is 0. The molecule has 312 valence electrons. The smallest absolute Gasteiger partial charge is 0.0493 e. The molecule has 56 heavy (non-hydrogen) atoms. The summed E-state index contributed by atoms with van der Waals surface area (Å²) in [7, 11) is -12.9. The average Bonchev–Trinajstić information content (AvgIpc) is 3.22. The van der Waals surface area contributed by atoms with Crippen LogP contribution in [0.4, 0.5) is 0 Å². The maximum absolute atomic E-state index is 2.81. The van der Waals surface area contributed by atoms with Crippen molar-refractivity contribution in [1.82, 2.24) is 0 Å². The monoisotopic (exact) mass is 906 g/mol. The molecule has 4 aromatic rings. The van der Waals surface area contributed by atoms with Crippen LogP contribution in [0.1, 0.15) is 42.9 Å². The Bertz CT molecular complexity index is 2000. The molecule has 0 spiro atoms. The van der Waals surface area contributed by atoms with Gasteiger partial charge in [-0.25, -0.2) is 0 Å². The second-order valence-corrected chi connectivity index (χ2v) is 73.5. The van der Waals surface area contributed by atoms with Crippen LogP contribution < -0.4 is 0 Å². The van der Waals surface area contributed by atoms with Crippen molar-refractivity contribution in [2.75, 3.05) is 0 Å². The van der Waals surface area contributed by atoms with E-state index >= 15 is 0 Å².